The van der Waals surface area contributed by atoms with Crippen molar-refractivity contribution in [3.63, 3.8) is 0 Å². The Labute approximate surface area is 174 Å². The molecule has 1 aromatic heterocycles. The van der Waals surface area contributed by atoms with E-state index in [0.717, 1.165) is 22.5 Å². The zero-order valence-corrected chi connectivity index (χ0v) is 17.5. The van der Waals surface area contributed by atoms with E-state index >= 15 is 0 Å². The molecule has 154 valence electrons. The predicted molar refractivity (Wildman–Crippen MR) is 113 cm³/mol. The van der Waals surface area contributed by atoms with Crippen molar-refractivity contribution in [2.75, 3.05) is 18.1 Å². The van der Waals surface area contributed by atoms with E-state index in [1.54, 1.807) is 4.90 Å². The summed E-state index contributed by atoms with van der Waals surface area (Å²) in [5.41, 5.74) is 1.86. The molecule has 1 aliphatic rings. The lowest BCUT2D eigenvalue weighted by Crippen LogP contribution is -2.46. The molecular weight excluding hydrogens is 388 g/mol. The quantitative estimate of drug-likeness (QED) is 0.703. The van der Waals surface area contributed by atoms with E-state index in [0.29, 0.717) is 13.0 Å². The number of nitrogens with zero attached hydrogens (tertiary/aromatic N) is 1. The van der Waals surface area contributed by atoms with Crippen molar-refractivity contribution in [2.45, 2.75) is 39.2 Å². The summed E-state index contributed by atoms with van der Waals surface area (Å²) < 4.78 is 5.32. The van der Waals surface area contributed by atoms with Crippen LogP contribution in [0.1, 0.15) is 42.7 Å². The van der Waals surface area contributed by atoms with Gasteiger partial charge in [0.2, 0.25) is 5.91 Å². The Bertz CT molecular complexity index is 848. The second-order valence-electron chi connectivity index (χ2n) is 7.16. The number of hydrogen-bond donors (Lipinski definition) is 1. The van der Waals surface area contributed by atoms with Gasteiger partial charge in [0.25, 0.3) is 5.91 Å². The molecule has 0 spiro atoms. The van der Waals surface area contributed by atoms with E-state index in [4.69, 9.17) is 4.74 Å². The average Bonchev–Trinajstić information content (AvgIpc) is 3.25. The van der Waals surface area contributed by atoms with E-state index in [9.17, 15) is 14.4 Å². The molecule has 3 rings (SSSR count). The molecule has 6 nitrogen and oxygen atoms in total. The van der Waals surface area contributed by atoms with Gasteiger partial charge in [-0.15, -0.1) is 11.3 Å². The zero-order valence-electron chi connectivity index (χ0n) is 16.7. The van der Waals surface area contributed by atoms with Gasteiger partial charge >= 0.3 is 5.97 Å². The average molecular weight is 415 g/mol. The minimum atomic E-state index is -0.522. The Morgan fingerprint density at radius 2 is 2.00 bits per heavy atom. The van der Waals surface area contributed by atoms with E-state index in [2.05, 4.69) is 5.32 Å². The Morgan fingerprint density at radius 1 is 1.24 bits per heavy atom. The van der Waals surface area contributed by atoms with Crippen molar-refractivity contribution >= 4 is 34.8 Å². The number of rotatable bonds is 7. The van der Waals surface area contributed by atoms with Crippen LogP contribution in [-0.4, -0.2) is 30.9 Å². The number of anilines is 1. The number of amides is 2. The van der Waals surface area contributed by atoms with Crippen LogP contribution in [-0.2, 0) is 19.1 Å². The van der Waals surface area contributed by atoms with Crippen molar-refractivity contribution in [3.8, 4) is 0 Å². The number of benzene rings is 1. The van der Waals surface area contributed by atoms with Crippen LogP contribution >= 0.6 is 11.3 Å². The van der Waals surface area contributed by atoms with Crippen LogP contribution in [0.4, 0.5) is 5.69 Å². The third kappa shape index (κ3) is 5.03. The summed E-state index contributed by atoms with van der Waals surface area (Å²) in [4.78, 5) is 40.2. The molecule has 1 fully saturated rings. The van der Waals surface area contributed by atoms with Gasteiger partial charge in [-0.2, -0.15) is 0 Å². The van der Waals surface area contributed by atoms with Gasteiger partial charge in [-0.1, -0.05) is 30.7 Å². The summed E-state index contributed by atoms with van der Waals surface area (Å²) in [5.74, 6) is -1.29. The number of ether oxygens (including phenoxy) is 1. The molecule has 1 aliphatic heterocycles. The highest BCUT2D eigenvalue weighted by Crippen LogP contribution is 2.42. The molecule has 2 amide bonds. The normalized spacial score (nSPS) is 19.1. The molecule has 2 heterocycles. The summed E-state index contributed by atoms with van der Waals surface area (Å²) in [6.45, 7) is 4.19. The number of carbonyl (C=O) groups is 3. The molecule has 2 aromatic rings. The third-order valence-corrected chi connectivity index (χ3v) is 5.91. The number of piperidine rings is 1. The molecule has 2 unspecified atom stereocenters. The maximum absolute atomic E-state index is 12.9. The van der Waals surface area contributed by atoms with Crippen molar-refractivity contribution in [3.05, 3.63) is 52.2 Å². The summed E-state index contributed by atoms with van der Waals surface area (Å²) in [5, 5.41) is 4.63. The number of carbonyl (C=O) groups excluding carboxylic acids is 3. The van der Waals surface area contributed by atoms with Crippen LogP contribution in [0, 0.1) is 12.8 Å². The summed E-state index contributed by atoms with van der Waals surface area (Å²) >= 11 is 1.51. The summed E-state index contributed by atoms with van der Waals surface area (Å²) in [6, 6.07) is 11.1. The Balaban J connectivity index is 1.84. The second kappa shape index (κ2) is 9.69. The van der Waals surface area contributed by atoms with Crippen molar-refractivity contribution < 1.29 is 19.1 Å². The molecule has 0 saturated carbocycles. The minimum Gasteiger partial charge on any atom is -0.455 e. The van der Waals surface area contributed by atoms with E-state index < -0.39 is 17.9 Å². The molecule has 1 saturated heterocycles. The van der Waals surface area contributed by atoms with Gasteiger partial charge in [0, 0.05) is 23.5 Å². The van der Waals surface area contributed by atoms with Gasteiger partial charge in [0.15, 0.2) is 6.61 Å². The lowest BCUT2D eigenvalue weighted by Gasteiger charge is -2.39. The Morgan fingerprint density at radius 3 is 2.66 bits per heavy atom. The highest BCUT2D eigenvalue weighted by atomic mass is 32.1. The molecule has 1 aromatic carbocycles. The van der Waals surface area contributed by atoms with Gasteiger partial charge in [-0.3, -0.25) is 14.4 Å². The fourth-order valence-corrected chi connectivity index (χ4v) is 4.37. The first kappa shape index (κ1) is 21.0. The maximum Gasteiger partial charge on any atom is 0.311 e. The van der Waals surface area contributed by atoms with Gasteiger partial charge in [0.1, 0.15) is 0 Å². The van der Waals surface area contributed by atoms with Gasteiger partial charge in [-0.25, -0.2) is 0 Å². The van der Waals surface area contributed by atoms with Gasteiger partial charge in [-0.05, 0) is 43.3 Å². The highest BCUT2D eigenvalue weighted by Gasteiger charge is 2.42. The van der Waals surface area contributed by atoms with Gasteiger partial charge < -0.3 is 15.0 Å². The number of nitrogens with one attached hydrogen (secondary N) is 1. The SMILES string of the molecule is CCCNC(=O)COC(=O)C1CCC(=O)N(c2ccc(C)cc2)C1c1cccs1. The topological polar surface area (TPSA) is 75.7 Å². The van der Waals surface area contributed by atoms with Crippen LogP contribution in [0.15, 0.2) is 41.8 Å². The Hall–Kier alpha value is -2.67. The number of esters is 1. The first-order chi connectivity index (χ1) is 14.0. The highest BCUT2D eigenvalue weighted by molar-refractivity contribution is 7.10. The fourth-order valence-electron chi connectivity index (χ4n) is 3.49. The monoisotopic (exact) mass is 414 g/mol. The van der Waals surface area contributed by atoms with Crippen LogP contribution in [0.25, 0.3) is 0 Å². The lowest BCUT2D eigenvalue weighted by molar-refractivity contribution is -0.154. The van der Waals surface area contributed by atoms with Crippen molar-refractivity contribution in [1.82, 2.24) is 5.32 Å². The predicted octanol–water partition coefficient (Wildman–Crippen LogP) is 3.61. The van der Waals surface area contributed by atoms with Crippen molar-refractivity contribution in [2.24, 2.45) is 5.92 Å². The maximum atomic E-state index is 12.9. The largest absolute Gasteiger partial charge is 0.455 e. The molecule has 0 aliphatic carbocycles. The van der Waals surface area contributed by atoms with Crippen LogP contribution in [0.2, 0.25) is 0 Å². The molecular formula is C22H26N2O4S. The Kier molecular flexibility index (Phi) is 7.04. The fraction of sp³-hybridized carbons (Fsp3) is 0.409. The van der Waals surface area contributed by atoms with Crippen molar-refractivity contribution in [1.29, 1.82) is 0 Å². The zero-order chi connectivity index (χ0) is 20.8. The second-order valence-corrected chi connectivity index (χ2v) is 8.14. The van der Waals surface area contributed by atoms with Gasteiger partial charge in [0.05, 0.1) is 12.0 Å². The third-order valence-electron chi connectivity index (χ3n) is 4.96. The lowest BCUT2D eigenvalue weighted by atomic mass is 9.87. The summed E-state index contributed by atoms with van der Waals surface area (Å²) in [6.07, 6.45) is 1.48. The first-order valence-electron chi connectivity index (χ1n) is 9.86. The molecule has 0 bridgehead atoms. The smallest absolute Gasteiger partial charge is 0.311 e. The molecule has 1 N–H and O–H groups in total. The number of thiophene rings is 1. The standard InChI is InChI=1S/C22H26N2O4S/c1-3-12-23-19(25)14-28-22(27)17-10-11-20(26)24(16-8-6-15(2)7-9-16)21(17)18-5-4-13-29-18/h4-9,13,17,21H,3,10-12,14H2,1-2H3,(H,23,25). The van der Waals surface area contributed by atoms with Crippen LogP contribution in [0.5, 0.6) is 0 Å². The van der Waals surface area contributed by atoms with Crippen LogP contribution in [0.3, 0.4) is 0 Å². The van der Waals surface area contributed by atoms with E-state index in [1.807, 2.05) is 55.6 Å². The van der Waals surface area contributed by atoms with Crippen LogP contribution < -0.4 is 10.2 Å². The summed E-state index contributed by atoms with van der Waals surface area (Å²) in [7, 11) is 0. The minimum absolute atomic E-state index is 0.0167. The molecule has 0 radical (unpaired) electrons. The van der Waals surface area contributed by atoms with E-state index in [1.165, 1.54) is 11.3 Å². The number of aryl methyl sites for hydroxylation is 1. The molecule has 2 atom stereocenters. The van der Waals surface area contributed by atoms with E-state index in [-0.39, 0.29) is 24.8 Å². The first-order valence-corrected chi connectivity index (χ1v) is 10.7. The molecule has 7 heteroatoms. The molecule has 29 heavy (non-hydrogen) atoms. The number of hydrogen-bond acceptors (Lipinski definition) is 5.